The van der Waals surface area contributed by atoms with Crippen LogP contribution in [-0.2, 0) is 35.7 Å². The quantitative estimate of drug-likeness (QED) is 0.264. The molecule has 1 saturated heterocycles. The fourth-order valence-electron chi connectivity index (χ4n) is 4.30. The Balaban J connectivity index is 1.53. The van der Waals surface area contributed by atoms with Gasteiger partial charge in [0.15, 0.2) is 5.82 Å². The number of halogens is 1. The molecule has 1 amide bonds. The summed E-state index contributed by atoms with van der Waals surface area (Å²) in [5.74, 6) is -0.226. The molecule has 2 heterocycles. The van der Waals surface area contributed by atoms with Gasteiger partial charge < -0.3 is 9.47 Å². The molecule has 5 rings (SSSR count). The molecule has 1 aliphatic heterocycles. The lowest BCUT2D eigenvalue weighted by Gasteiger charge is -2.21. The van der Waals surface area contributed by atoms with Crippen molar-refractivity contribution in [2.24, 2.45) is 5.92 Å². The molecule has 0 saturated carbocycles. The fraction of sp³-hybridized carbons (Fsp3) is 0.267. The van der Waals surface area contributed by atoms with E-state index >= 15 is 4.39 Å². The molecule has 8 nitrogen and oxygen atoms in total. The minimum Gasteiger partial charge on any atom is -0.487 e. The molecule has 4 aromatic rings. The Morgan fingerprint density at radius 1 is 0.950 bits per heavy atom. The molecule has 40 heavy (non-hydrogen) atoms. The maximum atomic E-state index is 16.5. The molecule has 0 spiro atoms. The summed E-state index contributed by atoms with van der Waals surface area (Å²) in [6.07, 6.45) is 2.65. The van der Waals surface area contributed by atoms with E-state index in [1.54, 1.807) is 23.0 Å². The SMILES string of the molecule is CC(C)CCn1cc(-c2ccc(OCc3ccccc3)c(N3CC(=O)NS3=O)c2F)c(OCc2ccccc2)n1. The van der Waals surface area contributed by atoms with E-state index in [9.17, 15) is 9.00 Å². The average molecular weight is 563 g/mol. The normalized spacial score (nSPS) is 14.9. The maximum Gasteiger partial charge on any atom is 0.253 e. The first-order valence-corrected chi connectivity index (χ1v) is 14.2. The minimum absolute atomic E-state index is 0.0611. The van der Waals surface area contributed by atoms with Gasteiger partial charge in [-0.1, -0.05) is 74.5 Å². The van der Waals surface area contributed by atoms with E-state index in [1.807, 2.05) is 60.7 Å². The number of hydrogen-bond acceptors (Lipinski definition) is 5. The molecule has 1 aromatic heterocycles. The molecule has 1 atom stereocenters. The zero-order valence-corrected chi connectivity index (χ0v) is 23.2. The zero-order chi connectivity index (χ0) is 28.1. The maximum absolute atomic E-state index is 16.5. The first kappa shape index (κ1) is 27.4. The number of anilines is 1. The van der Waals surface area contributed by atoms with E-state index in [1.165, 1.54) is 4.31 Å². The van der Waals surface area contributed by atoms with Crippen molar-refractivity contribution in [3.05, 3.63) is 95.9 Å². The van der Waals surface area contributed by atoms with Crippen LogP contribution in [0.25, 0.3) is 11.1 Å². The van der Waals surface area contributed by atoms with Crippen LogP contribution in [0.5, 0.6) is 11.6 Å². The monoisotopic (exact) mass is 562 g/mol. The number of rotatable bonds is 11. The van der Waals surface area contributed by atoms with E-state index in [4.69, 9.17) is 9.47 Å². The highest BCUT2D eigenvalue weighted by molar-refractivity contribution is 7.85. The van der Waals surface area contributed by atoms with Crippen LogP contribution in [0.4, 0.5) is 10.1 Å². The van der Waals surface area contributed by atoms with Gasteiger partial charge in [0.2, 0.25) is 17.1 Å². The number of ether oxygens (including phenoxy) is 2. The first-order valence-electron chi connectivity index (χ1n) is 13.1. The Morgan fingerprint density at radius 3 is 2.20 bits per heavy atom. The van der Waals surface area contributed by atoms with Crippen LogP contribution in [-0.4, -0.2) is 26.4 Å². The molecular formula is C30H31FN4O4S. The first-order chi connectivity index (χ1) is 19.4. The fourth-order valence-corrected chi connectivity index (χ4v) is 5.24. The summed E-state index contributed by atoms with van der Waals surface area (Å²) < 4.78 is 46.6. The molecule has 208 valence electrons. The zero-order valence-electron chi connectivity index (χ0n) is 22.4. The third-order valence-corrected chi connectivity index (χ3v) is 7.54. The van der Waals surface area contributed by atoms with Crippen molar-refractivity contribution >= 4 is 22.8 Å². The molecule has 10 heteroatoms. The minimum atomic E-state index is -1.95. The van der Waals surface area contributed by atoms with Gasteiger partial charge in [-0.2, -0.15) is 0 Å². The van der Waals surface area contributed by atoms with Crippen LogP contribution in [0.2, 0.25) is 0 Å². The Kier molecular flexibility index (Phi) is 8.45. The molecule has 1 fully saturated rings. The van der Waals surface area contributed by atoms with Crippen molar-refractivity contribution in [1.82, 2.24) is 14.5 Å². The topological polar surface area (TPSA) is 85.7 Å². The summed E-state index contributed by atoms with van der Waals surface area (Å²) in [4.78, 5) is 12.1. The highest BCUT2D eigenvalue weighted by Gasteiger charge is 2.33. The van der Waals surface area contributed by atoms with Crippen molar-refractivity contribution in [3.8, 4) is 22.8 Å². The van der Waals surface area contributed by atoms with Crippen LogP contribution in [0.1, 0.15) is 31.4 Å². The van der Waals surface area contributed by atoms with E-state index in [2.05, 4.69) is 23.7 Å². The smallest absolute Gasteiger partial charge is 0.253 e. The number of hydrogen-bond donors (Lipinski definition) is 1. The largest absolute Gasteiger partial charge is 0.487 e. The number of amides is 1. The highest BCUT2D eigenvalue weighted by atomic mass is 32.2. The number of benzene rings is 3. The Hall–Kier alpha value is -4.18. The van der Waals surface area contributed by atoms with Gasteiger partial charge in [-0.05, 0) is 35.6 Å². The number of carbonyl (C=O) groups excluding carboxylic acids is 1. The highest BCUT2D eigenvalue weighted by Crippen LogP contribution is 2.41. The molecule has 1 unspecified atom stereocenters. The molecular weight excluding hydrogens is 531 g/mol. The lowest BCUT2D eigenvalue weighted by Crippen LogP contribution is -2.24. The van der Waals surface area contributed by atoms with E-state index in [0.29, 0.717) is 18.0 Å². The van der Waals surface area contributed by atoms with Crippen LogP contribution >= 0.6 is 0 Å². The second-order valence-electron chi connectivity index (χ2n) is 9.93. The second kappa shape index (κ2) is 12.3. The molecule has 0 radical (unpaired) electrons. The van der Waals surface area contributed by atoms with Crippen molar-refractivity contribution in [2.75, 3.05) is 10.8 Å². The van der Waals surface area contributed by atoms with Gasteiger partial charge in [0.25, 0.3) is 5.91 Å². The van der Waals surface area contributed by atoms with Gasteiger partial charge in [0, 0.05) is 18.3 Å². The summed E-state index contributed by atoms with van der Waals surface area (Å²) in [6, 6.07) is 22.3. The van der Waals surface area contributed by atoms with Crippen molar-refractivity contribution < 1.29 is 22.9 Å². The van der Waals surface area contributed by atoms with Crippen molar-refractivity contribution in [3.63, 3.8) is 0 Å². The number of nitrogens with zero attached hydrogens (tertiary/aromatic N) is 3. The van der Waals surface area contributed by atoms with Gasteiger partial charge in [0.1, 0.15) is 31.2 Å². The second-order valence-corrected chi connectivity index (χ2v) is 11.1. The van der Waals surface area contributed by atoms with Crippen molar-refractivity contribution in [2.45, 2.75) is 40.0 Å². The summed E-state index contributed by atoms with van der Waals surface area (Å²) in [5.41, 5.74) is 2.44. The lowest BCUT2D eigenvalue weighted by molar-refractivity contribution is -0.117. The Labute approximate surface area is 235 Å². The number of aryl methyl sites for hydroxylation is 1. The van der Waals surface area contributed by atoms with Gasteiger partial charge in [-0.15, -0.1) is 5.10 Å². The summed E-state index contributed by atoms with van der Waals surface area (Å²) in [6.45, 7) is 5.06. The summed E-state index contributed by atoms with van der Waals surface area (Å²) in [7, 11) is 0. The van der Waals surface area contributed by atoms with Crippen molar-refractivity contribution in [1.29, 1.82) is 0 Å². The lowest BCUT2D eigenvalue weighted by atomic mass is 10.1. The number of nitrogens with one attached hydrogen (secondary N) is 1. The predicted molar refractivity (Wildman–Crippen MR) is 152 cm³/mol. The molecule has 3 aromatic carbocycles. The van der Waals surface area contributed by atoms with Crippen LogP contribution in [0.15, 0.2) is 79.0 Å². The standard InChI is InChI=1S/C30H31FN4O4S/c1-21(2)15-16-34-17-25(30(32-34)39-20-23-11-7-4-8-12-23)24-13-14-26(38-19-22-9-5-3-6-10-22)29(28(24)31)35-18-27(36)33-40(35)37/h3-14,17,21H,15-16,18-20H2,1-2H3,(H,33,36). The van der Waals surface area contributed by atoms with Gasteiger partial charge in [-0.25, -0.2) is 8.60 Å². The van der Waals surface area contributed by atoms with E-state index < -0.39 is 22.9 Å². The number of aromatic nitrogens is 2. The summed E-state index contributed by atoms with van der Waals surface area (Å²) in [5, 5.41) is 4.62. The van der Waals surface area contributed by atoms with Gasteiger partial charge in [0.05, 0.1) is 5.56 Å². The number of carbonyl (C=O) groups is 1. The van der Waals surface area contributed by atoms with Gasteiger partial charge in [-0.3, -0.25) is 18.5 Å². The molecule has 1 aliphatic rings. The van der Waals surface area contributed by atoms with E-state index in [0.717, 1.165) is 17.5 Å². The summed E-state index contributed by atoms with van der Waals surface area (Å²) >= 11 is -1.95. The van der Waals surface area contributed by atoms with E-state index in [-0.39, 0.29) is 42.6 Å². The Bertz CT molecular complexity index is 1490. The third-order valence-electron chi connectivity index (χ3n) is 6.43. The average Bonchev–Trinajstić information content (AvgIpc) is 3.52. The molecule has 1 N–H and O–H groups in total. The van der Waals surface area contributed by atoms with Crippen LogP contribution < -0.4 is 18.5 Å². The third kappa shape index (κ3) is 6.34. The predicted octanol–water partition coefficient (Wildman–Crippen LogP) is 5.41. The van der Waals surface area contributed by atoms with Crippen LogP contribution in [0.3, 0.4) is 0 Å². The van der Waals surface area contributed by atoms with Crippen LogP contribution in [0, 0.1) is 11.7 Å². The van der Waals surface area contributed by atoms with Gasteiger partial charge >= 0.3 is 0 Å². The molecule has 0 bridgehead atoms. The molecule has 0 aliphatic carbocycles. The Morgan fingerprint density at radius 2 is 1.60 bits per heavy atom.